The molecule has 2 fully saturated rings. The molecule has 17 heteroatoms. The highest BCUT2D eigenvalue weighted by Crippen LogP contribution is 2.35. The maximum Gasteiger partial charge on any atom is 0.264 e. The molecule has 6 N–H and O–H groups in total. The van der Waals surface area contributed by atoms with E-state index in [9.17, 15) is 38.0 Å². The molecule has 7 amide bonds. The van der Waals surface area contributed by atoms with Gasteiger partial charge in [-0.05, 0) is 88.0 Å². The standard InChI is InChI=1S/C45H54FN9O7/c1-27-35(26-32-31-25-29(46)12-13-33(31)51-41(32)58)50-28(2)39(27)43(60)49-17-8-19-53-21-23-54(24-22-53)20-18-48-37(56)11-5-3-4-6-16-47-34-10-7-9-30-40(34)45(62)55(44(30)61)36-14-15-38(57)52-42(36)59/h7,9-10,12-13,25-26,36,47,50H,3-6,8,11,14-24H2,1-2H3,(H,48,56)(H,49,60)(H,51,58)(H,52,57,59)/b32-26-. The average molecular weight is 852 g/mol. The number of benzene rings is 2. The van der Waals surface area contributed by atoms with Crippen LogP contribution in [-0.4, -0.2) is 126 Å². The maximum atomic E-state index is 13.9. The third-order valence-corrected chi connectivity index (χ3v) is 12.0. The fourth-order valence-corrected chi connectivity index (χ4v) is 8.63. The Bertz CT molecular complexity index is 2300. The third-order valence-electron chi connectivity index (χ3n) is 12.0. The lowest BCUT2D eigenvalue weighted by molar-refractivity contribution is -0.136. The Labute approximate surface area is 359 Å². The Balaban J connectivity index is 0.725. The number of carbonyl (C=O) groups excluding carboxylic acids is 7. The molecule has 0 aliphatic carbocycles. The molecule has 0 spiro atoms. The second kappa shape index (κ2) is 19.7. The molecule has 2 saturated heterocycles. The first-order valence-electron chi connectivity index (χ1n) is 21.5. The number of halogens is 1. The Hall–Kier alpha value is -6.20. The third kappa shape index (κ3) is 9.95. The Kier molecular flexibility index (Phi) is 13.9. The normalized spacial score (nSPS) is 18.5. The van der Waals surface area contributed by atoms with E-state index < -0.39 is 35.5 Å². The Morgan fingerprint density at radius 2 is 1.58 bits per heavy atom. The van der Waals surface area contributed by atoms with Crippen molar-refractivity contribution in [2.24, 2.45) is 0 Å². The van der Waals surface area contributed by atoms with Crippen LogP contribution in [0.1, 0.15) is 105 Å². The first kappa shape index (κ1) is 43.9. The van der Waals surface area contributed by atoms with Crippen LogP contribution in [0.4, 0.5) is 15.8 Å². The lowest BCUT2D eigenvalue weighted by atomic mass is 10.0. The van der Waals surface area contributed by atoms with Crippen molar-refractivity contribution in [2.75, 3.05) is 69.5 Å². The molecule has 16 nitrogen and oxygen atoms in total. The number of imide groups is 2. The molecule has 1 unspecified atom stereocenters. The van der Waals surface area contributed by atoms with Crippen LogP contribution in [0.25, 0.3) is 11.6 Å². The SMILES string of the molecule is Cc1[nH]c(/C=C2\C(=O)Nc3ccc(F)cc32)c(C)c1C(=O)NCCCN1CCN(CCNC(=O)CCCCCCNc2cccc3c2C(=O)N(C2CCC(=O)NC2=O)C3=O)CC1. The lowest BCUT2D eigenvalue weighted by Gasteiger charge is -2.34. The van der Waals surface area contributed by atoms with E-state index >= 15 is 0 Å². The van der Waals surface area contributed by atoms with E-state index in [1.54, 1.807) is 24.3 Å². The minimum Gasteiger partial charge on any atom is -0.384 e. The van der Waals surface area contributed by atoms with Gasteiger partial charge in [0.15, 0.2) is 0 Å². The molecular weight excluding hydrogens is 798 g/mol. The van der Waals surface area contributed by atoms with Crippen molar-refractivity contribution in [3.63, 3.8) is 0 Å². The van der Waals surface area contributed by atoms with E-state index in [0.29, 0.717) is 65.5 Å². The van der Waals surface area contributed by atoms with Gasteiger partial charge >= 0.3 is 0 Å². The number of nitrogens with one attached hydrogen (secondary N) is 6. The van der Waals surface area contributed by atoms with Crippen molar-refractivity contribution in [3.05, 3.63) is 81.4 Å². The summed E-state index contributed by atoms with van der Waals surface area (Å²) < 4.78 is 13.9. The number of H-pyrrole nitrogens is 1. The first-order chi connectivity index (χ1) is 29.9. The topological polar surface area (TPSA) is 205 Å². The van der Waals surface area contributed by atoms with Gasteiger partial charge in [0.25, 0.3) is 23.6 Å². The Morgan fingerprint density at radius 1 is 0.823 bits per heavy atom. The summed E-state index contributed by atoms with van der Waals surface area (Å²) in [6.45, 7) is 10.6. The number of rotatable bonds is 18. The second-order valence-corrected chi connectivity index (χ2v) is 16.3. The highest BCUT2D eigenvalue weighted by Gasteiger charge is 2.45. The number of hydrogen-bond acceptors (Lipinski definition) is 10. The average Bonchev–Trinajstić information content (AvgIpc) is 3.81. The molecular formula is C45H54FN9O7. The van der Waals surface area contributed by atoms with Crippen molar-refractivity contribution >= 4 is 64.4 Å². The zero-order chi connectivity index (χ0) is 43.9. The second-order valence-electron chi connectivity index (χ2n) is 16.3. The van der Waals surface area contributed by atoms with Crippen molar-refractivity contribution in [1.82, 2.24) is 35.6 Å². The highest BCUT2D eigenvalue weighted by molar-refractivity contribution is 6.35. The van der Waals surface area contributed by atoms with E-state index in [4.69, 9.17) is 0 Å². The van der Waals surface area contributed by atoms with Gasteiger partial charge in [-0.25, -0.2) is 4.39 Å². The summed E-state index contributed by atoms with van der Waals surface area (Å²) in [7, 11) is 0. The van der Waals surface area contributed by atoms with Crippen molar-refractivity contribution < 1.29 is 38.0 Å². The van der Waals surface area contributed by atoms with E-state index in [0.717, 1.165) is 81.8 Å². The Morgan fingerprint density at radius 3 is 2.35 bits per heavy atom. The quantitative estimate of drug-likeness (QED) is 0.0624. The molecule has 1 atom stereocenters. The van der Waals surface area contributed by atoms with Gasteiger partial charge in [0.05, 0.1) is 22.3 Å². The van der Waals surface area contributed by atoms with E-state index in [1.807, 2.05) is 13.8 Å². The van der Waals surface area contributed by atoms with E-state index in [-0.39, 0.29) is 41.7 Å². The number of fused-ring (bicyclic) bond motifs is 2. The van der Waals surface area contributed by atoms with Crippen molar-refractivity contribution in [2.45, 2.75) is 71.3 Å². The maximum absolute atomic E-state index is 13.9. The molecule has 62 heavy (non-hydrogen) atoms. The van der Waals surface area contributed by atoms with Crippen LogP contribution in [-0.2, 0) is 19.2 Å². The summed E-state index contributed by atoms with van der Waals surface area (Å²) >= 11 is 0. The molecule has 2 aromatic carbocycles. The van der Waals surface area contributed by atoms with E-state index in [2.05, 4.69) is 41.4 Å². The highest BCUT2D eigenvalue weighted by atomic mass is 19.1. The molecule has 7 rings (SSSR count). The summed E-state index contributed by atoms with van der Waals surface area (Å²) in [6, 6.07) is 8.17. The molecule has 3 aromatic rings. The molecule has 5 heterocycles. The first-order valence-corrected chi connectivity index (χ1v) is 21.5. The van der Waals surface area contributed by atoms with Crippen LogP contribution in [0.5, 0.6) is 0 Å². The van der Waals surface area contributed by atoms with Gasteiger partial charge < -0.3 is 31.2 Å². The van der Waals surface area contributed by atoms with Crippen LogP contribution in [0.3, 0.4) is 0 Å². The predicted octanol–water partition coefficient (Wildman–Crippen LogP) is 3.58. The number of piperidine rings is 1. The summed E-state index contributed by atoms with van der Waals surface area (Å²) in [5.74, 6) is -3.02. The van der Waals surface area contributed by atoms with Gasteiger partial charge in [-0.2, -0.15) is 0 Å². The minimum atomic E-state index is -1.01. The van der Waals surface area contributed by atoms with E-state index in [1.165, 1.54) is 18.2 Å². The summed E-state index contributed by atoms with van der Waals surface area (Å²) in [6.07, 6.45) is 6.42. The molecule has 0 radical (unpaired) electrons. The van der Waals surface area contributed by atoms with Crippen LogP contribution in [0.15, 0.2) is 36.4 Å². The largest absolute Gasteiger partial charge is 0.384 e. The monoisotopic (exact) mass is 851 g/mol. The van der Waals surface area contributed by atoms with Gasteiger partial charge in [-0.3, -0.25) is 48.7 Å². The molecule has 0 saturated carbocycles. The number of aromatic amines is 1. The smallest absolute Gasteiger partial charge is 0.264 e. The molecule has 4 aliphatic heterocycles. The summed E-state index contributed by atoms with van der Waals surface area (Å²) in [4.78, 5) is 97.5. The fourth-order valence-electron chi connectivity index (χ4n) is 8.63. The number of amides is 7. The van der Waals surface area contributed by atoms with Gasteiger partial charge in [-0.15, -0.1) is 0 Å². The zero-order valence-electron chi connectivity index (χ0n) is 35.2. The number of unbranched alkanes of at least 4 members (excludes halogenated alkanes) is 3. The number of piperazine rings is 1. The number of aryl methyl sites for hydroxylation is 1. The van der Waals surface area contributed by atoms with Gasteiger partial charge in [0, 0.05) is 93.5 Å². The van der Waals surface area contributed by atoms with Gasteiger partial charge in [-0.1, -0.05) is 18.9 Å². The molecule has 328 valence electrons. The minimum absolute atomic E-state index is 0.0364. The number of carbonyl (C=O) groups is 7. The van der Waals surface area contributed by atoms with Crippen molar-refractivity contribution in [3.8, 4) is 0 Å². The molecule has 0 bridgehead atoms. The summed E-state index contributed by atoms with van der Waals surface area (Å²) in [5, 5.41) is 14.3. The predicted molar refractivity (Wildman–Crippen MR) is 231 cm³/mol. The zero-order valence-corrected chi connectivity index (χ0v) is 35.2. The molecule has 1 aromatic heterocycles. The van der Waals surface area contributed by atoms with Crippen LogP contribution >= 0.6 is 0 Å². The van der Waals surface area contributed by atoms with Crippen molar-refractivity contribution in [1.29, 1.82) is 0 Å². The van der Waals surface area contributed by atoms with Gasteiger partial charge in [0.2, 0.25) is 17.7 Å². The summed E-state index contributed by atoms with van der Waals surface area (Å²) in [5.41, 5.74) is 4.98. The number of nitrogens with zero attached hydrogens (tertiary/aromatic N) is 3. The lowest BCUT2D eigenvalue weighted by Crippen LogP contribution is -2.54. The number of anilines is 2. The molecule has 4 aliphatic rings. The van der Waals surface area contributed by atoms with Gasteiger partial charge in [0.1, 0.15) is 11.9 Å². The number of hydrogen-bond donors (Lipinski definition) is 6. The number of aromatic nitrogens is 1. The van der Waals surface area contributed by atoms with Crippen LogP contribution in [0, 0.1) is 19.7 Å². The van der Waals surface area contributed by atoms with Crippen LogP contribution < -0.4 is 26.6 Å². The van der Waals surface area contributed by atoms with Crippen LogP contribution in [0.2, 0.25) is 0 Å². The fraction of sp³-hybridized carbons (Fsp3) is 0.444.